The minimum absolute atomic E-state index is 0.655. The van der Waals surface area contributed by atoms with Gasteiger partial charge in [-0.25, -0.2) is 0 Å². The van der Waals surface area contributed by atoms with Gasteiger partial charge >= 0.3 is 0 Å². The van der Waals surface area contributed by atoms with Crippen molar-refractivity contribution >= 4 is 28.9 Å². The third-order valence-corrected chi connectivity index (χ3v) is 2.40. The Kier molecular flexibility index (Phi) is 5.84. The van der Waals surface area contributed by atoms with Gasteiger partial charge in [-0.2, -0.15) is 0 Å². The van der Waals surface area contributed by atoms with Crippen LogP contribution in [0.1, 0.15) is 12.8 Å². The molecule has 4 heteroatoms. The summed E-state index contributed by atoms with van der Waals surface area (Å²) in [5.41, 5.74) is 0.963. The maximum atomic E-state index is 5.87. The van der Waals surface area contributed by atoms with Crippen molar-refractivity contribution in [2.24, 2.45) is 0 Å². The predicted octanol–water partition coefficient (Wildman–Crippen LogP) is 3.83. The molecule has 1 N–H and O–H groups in total. The minimum Gasteiger partial charge on any atom is -0.385 e. The van der Waals surface area contributed by atoms with Gasteiger partial charge in [0.1, 0.15) is 0 Å². The Morgan fingerprint density at radius 3 is 2.40 bits per heavy atom. The lowest BCUT2D eigenvalue weighted by molar-refractivity contribution is 0.194. The summed E-state index contributed by atoms with van der Waals surface area (Å²) in [5, 5.41) is 4.57. The first-order valence-corrected chi connectivity index (χ1v) is 5.67. The van der Waals surface area contributed by atoms with E-state index in [0.717, 1.165) is 31.7 Å². The molecule has 0 radical (unpaired) electrons. The molecule has 84 valence electrons. The molecule has 1 aromatic rings. The van der Waals surface area contributed by atoms with Gasteiger partial charge in [0.2, 0.25) is 0 Å². The van der Waals surface area contributed by atoms with Gasteiger partial charge in [0.15, 0.2) is 0 Å². The second-order valence-electron chi connectivity index (χ2n) is 3.28. The van der Waals surface area contributed by atoms with Gasteiger partial charge in [0, 0.05) is 36.0 Å². The van der Waals surface area contributed by atoms with E-state index in [2.05, 4.69) is 5.32 Å². The first-order chi connectivity index (χ1) is 7.22. The smallest absolute Gasteiger partial charge is 0.0462 e. The van der Waals surface area contributed by atoms with Gasteiger partial charge in [-0.15, -0.1) is 0 Å². The summed E-state index contributed by atoms with van der Waals surface area (Å²) in [7, 11) is 1.71. The summed E-state index contributed by atoms with van der Waals surface area (Å²) >= 11 is 11.7. The van der Waals surface area contributed by atoms with Crippen LogP contribution in [0.25, 0.3) is 0 Å². The molecule has 0 aromatic heterocycles. The van der Waals surface area contributed by atoms with E-state index in [0.29, 0.717) is 10.0 Å². The highest BCUT2D eigenvalue weighted by atomic mass is 35.5. The van der Waals surface area contributed by atoms with Crippen molar-refractivity contribution in [1.29, 1.82) is 0 Å². The zero-order chi connectivity index (χ0) is 11.1. The van der Waals surface area contributed by atoms with Gasteiger partial charge in [-0.1, -0.05) is 23.2 Å². The molecule has 0 aliphatic rings. The minimum atomic E-state index is 0.655. The van der Waals surface area contributed by atoms with Crippen molar-refractivity contribution in [3.8, 4) is 0 Å². The molecule has 0 fully saturated rings. The van der Waals surface area contributed by atoms with Crippen LogP contribution in [0.5, 0.6) is 0 Å². The van der Waals surface area contributed by atoms with E-state index in [1.807, 2.05) is 12.1 Å². The van der Waals surface area contributed by atoms with E-state index in [9.17, 15) is 0 Å². The zero-order valence-electron chi connectivity index (χ0n) is 8.72. The summed E-state index contributed by atoms with van der Waals surface area (Å²) < 4.78 is 4.96. The van der Waals surface area contributed by atoms with Crippen LogP contribution in [0.4, 0.5) is 5.69 Å². The molecular formula is C11H15Cl2NO. The normalized spacial score (nSPS) is 10.3. The number of unbranched alkanes of at least 4 members (excludes halogenated alkanes) is 1. The third-order valence-electron chi connectivity index (χ3n) is 1.97. The maximum absolute atomic E-state index is 5.87. The van der Waals surface area contributed by atoms with Gasteiger partial charge in [0.05, 0.1) is 0 Å². The number of benzene rings is 1. The van der Waals surface area contributed by atoms with Crippen LogP contribution in [0, 0.1) is 0 Å². The van der Waals surface area contributed by atoms with Crippen molar-refractivity contribution in [3.05, 3.63) is 28.2 Å². The molecule has 0 spiro atoms. The summed E-state index contributed by atoms with van der Waals surface area (Å²) in [5.74, 6) is 0. The third kappa shape index (κ3) is 5.26. The first-order valence-electron chi connectivity index (χ1n) is 4.91. The van der Waals surface area contributed by atoms with Crippen LogP contribution in [0.15, 0.2) is 18.2 Å². The van der Waals surface area contributed by atoms with Gasteiger partial charge in [-0.3, -0.25) is 0 Å². The standard InChI is InChI=1S/C11H15Cl2NO/c1-15-5-3-2-4-14-11-7-9(12)6-10(13)8-11/h6-8,14H,2-5H2,1H3. The largest absolute Gasteiger partial charge is 0.385 e. The summed E-state index contributed by atoms with van der Waals surface area (Å²) in [6.07, 6.45) is 2.12. The molecule has 0 aliphatic heterocycles. The van der Waals surface area contributed by atoms with Crippen molar-refractivity contribution in [1.82, 2.24) is 0 Å². The number of nitrogens with one attached hydrogen (secondary N) is 1. The summed E-state index contributed by atoms with van der Waals surface area (Å²) in [4.78, 5) is 0. The number of rotatable bonds is 6. The van der Waals surface area contributed by atoms with Crippen molar-refractivity contribution in [2.75, 3.05) is 25.6 Å². The number of halogens is 2. The molecule has 0 unspecified atom stereocenters. The summed E-state index contributed by atoms with van der Waals surface area (Å²) in [6.45, 7) is 1.71. The number of anilines is 1. The lowest BCUT2D eigenvalue weighted by atomic mass is 10.3. The molecule has 0 heterocycles. The number of hydrogen-bond donors (Lipinski definition) is 1. The van der Waals surface area contributed by atoms with E-state index in [1.165, 1.54) is 0 Å². The molecule has 0 amide bonds. The first kappa shape index (κ1) is 12.6. The molecule has 0 atom stereocenters. The lowest BCUT2D eigenvalue weighted by Gasteiger charge is -2.07. The van der Waals surface area contributed by atoms with Crippen LogP contribution in [0.3, 0.4) is 0 Å². The Balaban J connectivity index is 2.31. The second kappa shape index (κ2) is 6.94. The topological polar surface area (TPSA) is 21.3 Å². The Hall–Kier alpha value is -0.440. The molecule has 1 aromatic carbocycles. The molecule has 2 nitrogen and oxygen atoms in total. The van der Waals surface area contributed by atoms with Crippen molar-refractivity contribution in [3.63, 3.8) is 0 Å². The Labute approximate surface area is 101 Å². The molecule has 1 rings (SSSR count). The average molecular weight is 248 g/mol. The maximum Gasteiger partial charge on any atom is 0.0462 e. The lowest BCUT2D eigenvalue weighted by Crippen LogP contribution is -2.02. The highest BCUT2D eigenvalue weighted by Crippen LogP contribution is 2.22. The quantitative estimate of drug-likeness (QED) is 0.772. The molecule has 0 saturated carbocycles. The predicted molar refractivity (Wildman–Crippen MR) is 66.1 cm³/mol. The second-order valence-corrected chi connectivity index (χ2v) is 4.16. The Bertz CT molecular complexity index is 284. The Morgan fingerprint density at radius 1 is 1.13 bits per heavy atom. The van der Waals surface area contributed by atoms with E-state index >= 15 is 0 Å². The van der Waals surface area contributed by atoms with Crippen LogP contribution in [-0.2, 0) is 4.74 Å². The summed E-state index contributed by atoms with van der Waals surface area (Å²) in [6, 6.07) is 5.45. The number of hydrogen-bond acceptors (Lipinski definition) is 2. The molecular weight excluding hydrogens is 233 g/mol. The molecule has 15 heavy (non-hydrogen) atoms. The fourth-order valence-corrected chi connectivity index (χ4v) is 1.79. The highest BCUT2D eigenvalue weighted by Gasteiger charge is 1.97. The van der Waals surface area contributed by atoms with E-state index in [1.54, 1.807) is 13.2 Å². The van der Waals surface area contributed by atoms with Gasteiger partial charge in [0.25, 0.3) is 0 Å². The SMILES string of the molecule is COCCCCNc1cc(Cl)cc(Cl)c1. The van der Waals surface area contributed by atoms with Gasteiger partial charge in [-0.05, 0) is 31.0 Å². The molecule has 0 aliphatic carbocycles. The van der Waals surface area contributed by atoms with E-state index in [4.69, 9.17) is 27.9 Å². The fraction of sp³-hybridized carbons (Fsp3) is 0.455. The molecule has 0 bridgehead atoms. The fourth-order valence-electron chi connectivity index (χ4n) is 1.26. The Morgan fingerprint density at radius 2 is 1.80 bits per heavy atom. The van der Waals surface area contributed by atoms with Crippen LogP contribution in [0.2, 0.25) is 10.0 Å². The van der Waals surface area contributed by atoms with Crippen LogP contribution < -0.4 is 5.32 Å². The average Bonchev–Trinajstić information content (AvgIpc) is 2.16. The van der Waals surface area contributed by atoms with Crippen molar-refractivity contribution < 1.29 is 4.74 Å². The molecule has 0 saturated heterocycles. The number of ether oxygens (including phenoxy) is 1. The van der Waals surface area contributed by atoms with Crippen molar-refractivity contribution in [2.45, 2.75) is 12.8 Å². The number of methoxy groups -OCH3 is 1. The zero-order valence-corrected chi connectivity index (χ0v) is 10.2. The van der Waals surface area contributed by atoms with Crippen LogP contribution >= 0.6 is 23.2 Å². The van der Waals surface area contributed by atoms with E-state index < -0.39 is 0 Å². The van der Waals surface area contributed by atoms with Crippen LogP contribution in [-0.4, -0.2) is 20.3 Å². The monoisotopic (exact) mass is 247 g/mol. The van der Waals surface area contributed by atoms with E-state index in [-0.39, 0.29) is 0 Å². The highest BCUT2D eigenvalue weighted by molar-refractivity contribution is 6.35. The van der Waals surface area contributed by atoms with Gasteiger partial charge < -0.3 is 10.1 Å².